The van der Waals surface area contributed by atoms with Gasteiger partial charge >= 0.3 is 0 Å². The zero-order valence-electron chi connectivity index (χ0n) is 10.6. The summed E-state index contributed by atoms with van der Waals surface area (Å²) in [5, 5.41) is 0.787. The van der Waals surface area contributed by atoms with Gasteiger partial charge in [0.2, 0.25) is 10.0 Å². The molecule has 1 saturated heterocycles. The summed E-state index contributed by atoms with van der Waals surface area (Å²) in [6, 6.07) is 5.02. The number of hydrogen-bond donors (Lipinski definition) is 0. The van der Waals surface area contributed by atoms with Crippen molar-refractivity contribution in [3.05, 3.63) is 33.8 Å². The van der Waals surface area contributed by atoms with Gasteiger partial charge in [-0.2, -0.15) is 4.31 Å². The van der Waals surface area contributed by atoms with Crippen molar-refractivity contribution in [1.82, 2.24) is 9.21 Å². The first-order valence-corrected chi connectivity index (χ1v) is 8.36. The van der Waals surface area contributed by atoms with E-state index in [0.717, 1.165) is 13.1 Å². The lowest BCUT2D eigenvalue weighted by molar-refractivity contribution is 0.222. The van der Waals surface area contributed by atoms with Crippen LogP contribution in [-0.4, -0.2) is 50.8 Å². The highest BCUT2D eigenvalue weighted by Gasteiger charge is 2.27. The molecule has 0 saturated carbocycles. The van der Waals surface area contributed by atoms with Gasteiger partial charge in [-0.05, 0) is 19.2 Å². The van der Waals surface area contributed by atoms with Gasteiger partial charge < -0.3 is 4.90 Å². The molecule has 0 aromatic heterocycles. The lowest BCUT2D eigenvalue weighted by Crippen LogP contribution is -2.47. The second kappa shape index (κ2) is 5.97. The molecule has 106 valence electrons. The van der Waals surface area contributed by atoms with E-state index in [0.29, 0.717) is 28.7 Å². The normalized spacial score (nSPS) is 18.7. The molecule has 1 aliphatic rings. The number of halogens is 2. The van der Waals surface area contributed by atoms with Crippen LogP contribution in [0, 0.1) is 0 Å². The molecule has 0 spiro atoms. The van der Waals surface area contributed by atoms with Crippen molar-refractivity contribution >= 4 is 33.2 Å². The molecule has 0 radical (unpaired) electrons. The van der Waals surface area contributed by atoms with Crippen LogP contribution in [0.15, 0.2) is 18.2 Å². The Labute approximate surface area is 124 Å². The molecule has 1 aromatic rings. The molecule has 0 aliphatic carbocycles. The second-order valence-electron chi connectivity index (χ2n) is 4.66. The summed E-state index contributed by atoms with van der Waals surface area (Å²) in [6.45, 7) is 2.52. The molecule has 1 fully saturated rings. The van der Waals surface area contributed by atoms with Gasteiger partial charge in [-0.25, -0.2) is 8.42 Å². The summed E-state index contributed by atoms with van der Waals surface area (Å²) in [5.74, 6) is -0.144. The van der Waals surface area contributed by atoms with Gasteiger partial charge in [0.1, 0.15) is 0 Å². The van der Waals surface area contributed by atoms with E-state index in [4.69, 9.17) is 23.2 Å². The molecule has 1 aromatic carbocycles. The van der Waals surface area contributed by atoms with Crippen LogP contribution in [0.4, 0.5) is 0 Å². The van der Waals surface area contributed by atoms with E-state index in [1.807, 2.05) is 7.05 Å². The maximum atomic E-state index is 12.4. The Balaban J connectivity index is 2.17. The maximum absolute atomic E-state index is 12.4. The fraction of sp³-hybridized carbons (Fsp3) is 0.500. The molecule has 0 unspecified atom stereocenters. The van der Waals surface area contributed by atoms with E-state index in [2.05, 4.69) is 4.90 Å². The summed E-state index contributed by atoms with van der Waals surface area (Å²) in [6.07, 6.45) is 0. The summed E-state index contributed by atoms with van der Waals surface area (Å²) in [7, 11) is -1.39. The van der Waals surface area contributed by atoms with Crippen molar-refractivity contribution in [2.45, 2.75) is 5.75 Å². The van der Waals surface area contributed by atoms with Crippen LogP contribution in [0.5, 0.6) is 0 Å². The highest BCUT2D eigenvalue weighted by Crippen LogP contribution is 2.27. The molecular formula is C12H16Cl2N2O2S. The molecule has 0 amide bonds. The monoisotopic (exact) mass is 322 g/mol. The Kier molecular flexibility index (Phi) is 4.74. The van der Waals surface area contributed by atoms with Crippen LogP contribution in [0.25, 0.3) is 0 Å². The number of likely N-dealkylation sites (N-methyl/N-ethyl adjacent to an activating group) is 1. The number of rotatable bonds is 3. The third kappa shape index (κ3) is 3.61. The standard InChI is InChI=1S/C12H16Cl2N2O2S/c1-15-5-7-16(8-6-15)19(17,18)9-10-11(13)3-2-4-12(10)14/h2-4H,5-9H2,1H3. The van der Waals surface area contributed by atoms with Gasteiger partial charge in [0.15, 0.2) is 0 Å². The number of sulfonamides is 1. The first kappa shape index (κ1) is 15.1. The Morgan fingerprint density at radius 3 is 2.16 bits per heavy atom. The fourth-order valence-electron chi connectivity index (χ4n) is 2.01. The summed E-state index contributed by atoms with van der Waals surface area (Å²) in [5.41, 5.74) is 0.477. The third-order valence-corrected chi connectivity index (χ3v) is 5.76. The predicted octanol–water partition coefficient (Wildman–Crippen LogP) is 2.07. The van der Waals surface area contributed by atoms with Crippen LogP contribution in [0.1, 0.15) is 5.56 Å². The third-order valence-electron chi connectivity index (χ3n) is 3.24. The van der Waals surface area contributed by atoms with Gasteiger partial charge in [0.05, 0.1) is 5.75 Å². The van der Waals surface area contributed by atoms with Gasteiger partial charge in [-0.15, -0.1) is 0 Å². The van der Waals surface area contributed by atoms with Crippen LogP contribution >= 0.6 is 23.2 Å². The SMILES string of the molecule is CN1CCN(S(=O)(=O)Cc2c(Cl)cccc2Cl)CC1. The Bertz CT molecular complexity index is 535. The molecule has 0 bridgehead atoms. The van der Waals surface area contributed by atoms with Crippen molar-refractivity contribution in [3.8, 4) is 0 Å². The maximum Gasteiger partial charge on any atom is 0.218 e. The quantitative estimate of drug-likeness (QED) is 0.855. The minimum Gasteiger partial charge on any atom is -0.304 e. The molecule has 0 atom stereocenters. The molecule has 19 heavy (non-hydrogen) atoms. The number of nitrogens with zero attached hydrogens (tertiary/aromatic N) is 2. The van der Waals surface area contributed by atoms with Gasteiger partial charge in [0.25, 0.3) is 0 Å². The molecule has 4 nitrogen and oxygen atoms in total. The Morgan fingerprint density at radius 1 is 1.11 bits per heavy atom. The van der Waals surface area contributed by atoms with Crippen LogP contribution in [0.3, 0.4) is 0 Å². The number of hydrogen-bond acceptors (Lipinski definition) is 3. The summed E-state index contributed by atoms with van der Waals surface area (Å²) in [4.78, 5) is 2.11. The summed E-state index contributed by atoms with van der Waals surface area (Å²) >= 11 is 12.0. The minimum absolute atomic E-state index is 0.144. The second-order valence-corrected chi connectivity index (χ2v) is 7.44. The molecule has 2 rings (SSSR count). The lowest BCUT2D eigenvalue weighted by Gasteiger charge is -2.31. The van der Waals surface area contributed by atoms with Crippen molar-refractivity contribution in [1.29, 1.82) is 0 Å². The van der Waals surface area contributed by atoms with Crippen LogP contribution in [-0.2, 0) is 15.8 Å². The average Bonchev–Trinajstić information content (AvgIpc) is 2.35. The zero-order valence-corrected chi connectivity index (χ0v) is 13.0. The van der Waals surface area contributed by atoms with E-state index in [9.17, 15) is 8.42 Å². The largest absolute Gasteiger partial charge is 0.304 e. The highest BCUT2D eigenvalue weighted by atomic mass is 35.5. The van der Waals surface area contributed by atoms with Crippen molar-refractivity contribution in [3.63, 3.8) is 0 Å². The first-order chi connectivity index (χ1) is 8.90. The molecule has 0 N–H and O–H groups in total. The number of benzene rings is 1. The van der Waals surface area contributed by atoms with Crippen molar-refractivity contribution in [2.75, 3.05) is 33.2 Å². The fourth-order valence-corrected chi connectivity index (χ4v) is 4.28. The van der Waals surface area contributed by atoms with Gasteiger partial charge in [-0.3, -0.25) is 0 Å². The van der Waals surface area contributed by atoms with E-state index in [-0.39, 0.29) is 5.75 Å². The topological polar surface area (TPSA) is 40.6 Å². The Hall–Kier alpha value is -0.330. The Morgan fingerprint density at radius 2 is 1.63 bits per heavy atom. The van der Waals surface area contributed by atoms with Gasteiger partial charge in [0, 0.05) is 41.8 Å². The zero-order chi connectivity index (χ0) is 14.0. The molecule has 1 heterocycles. The average molecular weight is 323 g/mol. The minimum atomic E-state index is -3.37. The van der Waals surface area contributed by atoms with E-state index in [1.165, 1.54) is 4.31 Å². The van der Waals surface area contributed by atoms with Crippen molar-refractivity contribution < 1.29 is 8.42 Å². The van der Waals surface area contributed by atoms with E-state index >= 15 is 0 Å². The summed E-state index contributed by atoms with van der Waals surface area (Å²) < 4.78 is 26.2. The molecule has 7 heteroatoms. The number of piperazine rings is 1. The first-order valence-electron chi connectivity index (χ1n) is 5.99. The van der Waals surface area contributed by atoms with Crippen LogP contribution < -0.4 is 0 Å². The van der Waals surface area contributed by atoms with Gasteiger partial charge in [-0.1, -0.05) is 29.3 Å². The van der Waals surface area contributed by atoms with E-state index < -0.39 is 10.0 Å². The highest BCUT2D eigenvalue weighted by molar-refractivity contribution is 7.88. The molecule has 1 aliphatic heterocycles. The van der Waals surface area contributed by atoms with Crippen molar-refractivity contribution in [2.24, 2.45) is 0 Å². The predicted molar refractivity (Wildman–Crippen MR) is 78.2 cm³/mol. The smallest absolute Gasteiger partial charge is 0.218 e. The van der Waals surface area contributed by atoms with Crippen LogP contribution in [0.2, 0.25) is 10.0 Å². The van der Waals surface area contributed by atoms with E-state index in [1.54, 1.807) is 18.2 Å². The lowest BCUT2D eigenvalue weighted by atomic mass is 10.2. The molecular weight excluding hydrogens is 307 g/mol.